The molecule has 1 aromatic carbocycles. The lowest BCUT2D eigenvalue weighted by Gasteiger charge is -2.09. The first kappa shape index (κ1) is 13.1. The second-order valence-electron chi connectivity index (χ2n) is 3.93. The van der Waals surface area contributed by atoms with Crippen molar-refractivity contribution < 1.29 is 4.74 Å². The predicted molar refractivity (Wildman–Crippen MR) is 75.5 cm³/mol. The van der Waals surface area contributed by atoms with E-state index < -0.39 is 0 Å². The third-order valence-corrected chi connectivity index (χ3v) is 3.29. The highest BCUT2D eigenvalue weighted by Crippen LogP contribution is 2.23. The first-order valence-corrected chi connectivity index (χ1v) is 6.53. The van der Waals surface area contributed by atoms with E-state index in [1.807, 2.05) is 43.6 Å². The minimum absolute atomic E-state index is 0.536. The highest BCUT2D eigenvalue weighted by Gasteiger charge is 2.02. The Kier molecular flexibility index (Phi) is 4.73. The van der Waals surface area contributed by atoms with Gasteiger partial charge in [-0.25, -0.2) is 0 Å². The molecular weight excluding hydrogens is 292 g/mol. The number of pyridine rings is 1. The van der Waals surface area contributed by atoms with E-state index in [2.05, 4.69) is 26.2 Å². The van der Waals surface area contributed by atoms with Gasteiger partial charge in [-0.15, -0.1) is 0 Å². The molecule has 0 aliphatic carbocycles. The van der Waals surface area contributed by atoms with Crippen LogP contribution in [0.2, 0.25) is 0 Å². The summed E-state index contributed by atoms with van der Waals surface area (Å²) in [6, 6.07) is 9.91. The molecule has 2 rings (SSSR count). The van der Waals surface area contributed by atoms with Gasteiger partial charge >= 0.3 is 0 Å². The number of benzene rings is 1. The Hall–Kier alpha value is -1.39. The summed E-state index contributed by atoms with van der Waals surface area (Å²) in [7, 11) is 1.93. The summed E-state index contributed by atoms with van der Waals surface area (Å²) >= 11 is 3.52. The molecule has 4 heteroatoms. The molecule has 1 aromatic heterocycles. The zero-order valence-corrected chi connectivity index (χ0v) is 11.8. The van der Waals surface area contributed by atoms with Gasteiger partial charge < -0.3 is 10.1 Å². The Balaban J connectivity index is 2.03. The van der Waals surface area contributed by atoms with E-state index >= 15 is 0 Å². The average molecular weight is 307 g/mol. The Morgan fingerprint density at radius 1 is 1.33 bits per heavy atom. The van der Waals surface area contributed by atoms with E-state index in [4.69, 9.17) is 4.74 Å². The van der Waals surface area contributed by atoms with Crippen molar-refractivity contribution in [3.63, 3.8) is 0 Å². The number of hydrogen-bond acceptors (Lipinski definition) is 3. The first-order chi connectivity index (χ1) is 8.79. The van der Waals surface area contributed by atoms with Gasteiger partial charge in [0.1, 0.15) is 12.4 Å². The number of ether oxygens (including phenoxy) is 1. The van der Waals surface area contributed by atoms with Crippen molar-refractivity contribution in [1.29, 1.82) is 0 Å². The second-order valence-corrected chi connectivity index (χ2v) is 4.79. The molecule has 1 heterocycles. The lowest BCUT2D eigenvalue weighted by Crippen LogP contribution is -2.06. The number of hydrogen-bond donors (Lipinski definition) is 1. The Bertz CT molecular complexity index is 502. The van der Waals surface area contributed by atoms with E-state index in [1.54, 1.807) is 6.20 Å². The molecule has 0 aliphatic heterocycles. The molecule has 0 bridgehead atoms. The number of nitrogens with zero attached hydrogens (tertiary/aromatic N) is 1. The van der Waals surface area contributed by atoms with Crippen molar-refractivity contribution in [2.24, 2.45) is 0 Å². The Morgan fingerprint density at radius 2 is 2.22 bits per heavy atom. The van der Waals surface area contributed by atoms with Crippen molar-refractivity contribution in [1.82, 2.24) is 10.3 Å². The molecule has 0 saturated carbocycles. The predicted octanol–water partition coefficient (Wildman–Crippen LogP) is 3.14. The van der Waals surface area contributed by atoms with Gasteiger partial charge in [0.05, 0.1) is 0 Å². The minimum Gasteiger partial charge on any atom is -0.489 e. The fourth-order valence-corrected chi connectivity index (χ4v) is 2.00. The smallest absolute Gasteiger partial charge is 0.120 e. The van der Waals surface area contributed by atoms with Crippen molar-refractivity contribution in [2.45, 2.75) is 13.2 Å². The third kappa shape index (κ3) is 3.55. The van der Waals surface area contributed by atoms with Crippen LogP contribution in [0.3, 0.4) is 0 Å². The summed E-state index contributed by atoms with van der Waals surface area (Å²) in [5.74, 6) is 0.868. The van der Waals surface area contributed by atoms with Crippen molar-refractivity contribution >= 4 is 15.9 Å². The summed E-state index contributed by atoms with van der Waals surface area (Å²) < 4.78 is 6.83. The maximum atomic E-state index is 5.75. The van der Waals surface area contributed by atoms with E-state index in [0.29, 0.717) is 6.61 Å². The van der Waals surface area contributed by atoms with E-state index in [9.17, 15) is 0 Å². The lowest BCUT2D eigenvalue weighted by molar-refractivity contribution is 0.305. The summed E-state index contributed by atoms with van der Waals surface area (Å²) in [6.07, 6.45) is 3.57. The fourth-order valence-electron chi connectivity index (χ4n) is 1.62. The fraction of sp³-hybridized carbons (Fsp3) is 0.214. The summed E-state index contributed by atoms with van der Waals surface area (Å²) in [5.41, 5.74) is 2.25. The molecule has 0 spiro atoms. The highest BCUT2D eigenvalue weighted by molar-refractivity contribution is 9.10. The largest absolute Gasteiger partial charge is 0.489 e. The molecule has 1 N–H and O–H groups in total. The number of halogens is 1. The summed E-state index contributed by atoms with van der Waals surface area (Å²) in [5, 5.41) is 3.13. The number of aromatic nitrogens is 1. The zero-order chi connectivity index (χ0) is 12.8. The van der Waals surface area contributed by atoms with Gasteiger partial charge in [-0.05, 0) is 36.9 Å². The normalized spacial score (nSPS) is 10.3. The molecule has 18 heavy (non-hydrogen) atoms. The topological polar surface area (TPSA) is 34.1 Å². The molecule has 94 valence electrons. The summed E-state index contributed by atoms with van der Waals surface area (Å²) in [4.78, 5) is 4.06. The molecule has 2 aromatic rings. The molecule has 0 unspecified atom stereocenters. The Morgan fingerprint density at radius 3 is 2.94 bits per heavy atom. The lowest BCUT2D eigenvalue weighted by atomic mass is 10.2. The van der Waals surface area contributed by atoms with Gasteiger partial charge in [0, 0.05) is 29.0 Å². The zero-order valence-electron chi connectivity index (χ0n) is 10.2. The van der Waals surface area contributed by atoms with E-state index in [0.717, 1.165) is 22.3 Å². The van der Waals surface area contributed by atoms with Crippen LogP contribution in [0.25, 0.3) is 0 Å². The van der Waals surface area contributed by atoms with Crippen LogP contribution in [0.4, 0.5) is 0 Å². The molecular formula is C14H15BrN2O. The van der Waals surface area contributed by atoms with Crippen LogP contribution in [-0.2, 0) is 13.2 Å². The van der Waals surface area contributed by atoms with Crippen LogP contribution in [0.1, 0.15) is 11.1 Å². The quantitative estimate of drug-likeness (QED) is 0.921. The van der Waals surface area contributed by atoms with Crippen LogP contribution < -0.4 is 10.1 Å². The van der Waals surface area contributed by atoms with Crippen LogP contribution in [0, 0.1) is 0 Å². The van der Waals surface area contributed by atoms with Crippen LogP contribution >= 0.6 is 15.9 Å². The van der Waals surface area contributed by atoms with Crippen molar-refractivity contribution in [3.05, 3.63) is 58.3 Å². The molecule has 0 aliphatic rings. The van der Waals surface area contributed by atoms with Crippen LogP contribution in [-0.4, -0.2) is 12.0 Å². The van der Waals surface area contributed by atoms with Gasteiger partial charge in [-0.3, -0.25) is 4.98 Å². The van der Waals surface area contributed by atoms with E-state index in [1.165, 1.54) is 5.56 Å². The molecule has 0 saturated heterocycles. The maximum absolute atomic E-state index is 5.75. The van der Waals surface area contributed by atoms with Gasteiger partial charge in [0.2, 0.25) is 0 Å². The first-order valence-electron chi connectivity index (χ1n) is 5.74. The average Bonchev–Trinajstić information content (AvgIpc) is 2.41. The van der Waals surface area contributed by atoms with Crippen LogP contribution in [0.15, 0.2) is 47.2 Å². The summed E-state index contributed by atoms with van der Waals surface area (Å²) in [6.45, 7) is 1.35. The number of rotatable bonds is 5. The second kappa shape index (κ2) is 6.52. The monoisotopic (exact) mass is 306 g/mol. The standard InChI is InChI=1S/C14H15BrN2O/c1-16-9-12-7-13(4-5-14(12)15)18-10-11-3-2-6-17-8-11/h2-8,16H,9-10H2,1H3. The van der Waals surface area contributed by atoms with Gasteiger partial charge in [-0.2, -0.15) is 0 Å². The molecule has 0 radical (unpaired) electrons. The minimum atomic E-state index is 0.536. The molecule has 0 amide bonds. The SMILES string of the molecule is CNCc1cc(OCc2cccnc2)ccc1Br. The third-order valence-electron chi connectivity index (χ3n) is 2.51. The molecule has 3 nitrogen and oxygen atoms in total. The van der Waals surface area contributed by atoms with E-state index in [-0.39, 0.29) is 0 Å². The maximum Gasteiger partial charge on any atom is 0.120 e. The number of nitrogens with one attached hydrogen (secondary N) is 1. The van der Waals surface area contributed by atoms with Crippen LogP contribution in [0.5, 0.6) is 5.75 Å². The molecule has 0 fully saturated rings. The highest BCUT2D eigenvalue weighted by atomic mass is 79.9. The van der Waals surface area contributed by atoms with Crippen molar-refractivity contribution in [3.8, 4) is 5.75 Å². The van der Waals surface area contributed by atoms with Crippen molar-refractivity contribution in [2.75, 3.05) is 7.05 Å². The molecule has 0 atom stereocenters. The van der Waals surface area contributed by atoms with Gasteiger partial charge in [-0.1, -0.05) is 22.0 Å². The van der Waals surface area contributed by atoms with Gasteiger partial charge in [0.25, 0.3) is 0 Å². The van der Waals surface area contributed by atoms with Gasteiger partial charge in [0.15, 0.2) is 0 Å². The Labute approximate surface area is 115 Å².